The van der Waals surface area contributed by atoms with Crippen molar-refractivity contribution in [1.82, 2.24) is 0 Å². The van der Waals surface area contributed by atoms with E-state index in [1.54, 1.807) is 0 Å². The molecular formula is C16H24BrN. The second kappa shape index (κ2) is 6.21. The summed E-state index contributed by atoms with van der Waals surface area (Å²) in [6, 6.07) is 8.73. The van der Waals surface area contributed by atoms with Crippen molar-refractivity contribution in [2.24, 2.45) is 17.1 Å². The molecule has 1 saturated carbocycles. The molecule has 18 heavy (non-hydrogen) atoms. The van der Waals surface area contributed by atoms with Crippen LogP contribution >= 0.6 is 15.9 Å². The summed E-state index contributed by atoms with van der Waals surface area (Å²) in [6.07, 6.45) is 7.82. The lowest BCUT2D eigenvalue weighted by Gasteiger charge is -2.39. The zero-order valence-corrected chi connectivity index (χ0v) is 12.9. The third kappa shape index (κ3) is 3.36. The van der Waals surface area contributed by atoms with E-state index < -0.39 is 0 Å². The van der Waals surface area contributed by atoms with Crippen LogP contribution in [0.15, 0.2) is 28.7 Å². The van der Waals surface area contributed by atoms with Gasteiger partial charge in [0.1, 0.15) is 0 Å². The molecule has 1 aromatic rings. The van der Waals surface area contributed by atoms with Gasteiger partial charge in [-0.1, -0.05) is 41.4 Å². The van der Waals surface area contributed by atoms with Gasteiger partial charge < -0.3 is 5.73 Å². The SMILES string of the molecule is CCC1CCC(CN)(Cc2ccc(Br)cc2)CC1. The maximum absolute atomic E-state index is 6.09. The van der Waals surface area contributed by atoms with Crippen LogP contribution in [0, 0.1) is 11.3 Å². The van der Waals surface area contributed by atoms with Crippen LogP contribution in [-0.4, -0.2) is 6.54 Å². The molecule has 100 valence electrons. The van der Waals surface area contributed by atoms with Crippen LogP contribution in [0.2, 0.25) is 0 Å². The molecule has 0 atom stereocenters. The monoisotopic (exact) mass is 309 g/mol. The molecule has 0 unspecified atom stereocenters. The minimum atomic E-state index is 0.361. The van der Waals surface area contributed by atoms with E-state index in [0.29, 0.717) is 5.41 Å². The Bertz CT molecular complexity index is 363. The Labute approximate surface area is 119 Å². The van der Waals surface area contributed by atoms with Crippen molar-refractivity contribution in [2.75, 3.05) is 6.54 Å². The van der Waals surface area contributed by atoms with Gasteiger partial charge in [0.05, 0.1) is 0 Å². The van der Waals surface area contributed by atoms with Crippen molar-refractivity contribution in [3.8, 4) is 0 Å². The van der Waals surface area contributed by atoms with Crippen LogP contribution in [0.3, 0.4) is 0 Å². The quantitative estimate of drug-likeness (QED) is 0.868. The lowest BCUT2D eigenvalue weighted by Crippen LogP contribution is -2.36. The molecule has 2 N–H and O–H groups in total. The molecular weight excluding hydrogens is 286 g/mol. The van der Waals surface area contributed by atoms with Crippen LogP contribution in [0.1, 0.15) is 44.6 Å². The fraction of sp³-hybridized carbons (Fsp3) is 0.625. The van der Waals surface area contributed by atoms with Gasteiger partial charge in [-0.05, 0) is 67.7 Å². The van der Waals surface area contributed by atoms with Gasteiger partial charge in [0, 0.05) is 4.47 Å². The summed E-state index contributed by atoms with van der Waals surface area (Å²) in [5.41, 5.74) is 7.88. The highest BCUT2D eigenvalue weighted by Gasteiger charge is 2.33. The molecule has 2 rings (SSSR count). The highest BCUT2D eigenvalue weighted by Crippen LogP contribution is 2.41. The van der Waals surface area contributed by atoms with E-state index in [2.05, 4.69) is 47.1 Å². The normalized spacial score (nSPS) is 28.3. The van der Waals surface area contributed by atoms with Gasteiger partial charge in [-0.15, -0.1) is 0 Å². The predicted molar refractivity (Wildman–Crippen MR) is 81.6 cm³/mol. The Morgan fingerprint density at radius 3 is 2.33 bits per heavy atom. The van der Waals surface area contributed by atoms with E-state index >= 15 is 0 Å². The Kier molecular flexibility index (Phi) is 4.85. The van der Waals surface area contributed by atoms with E-state index in [9.17, 15) is 0 Å². The van der Waals surface area contributed by atoms with Crippen LogP contribution in [0.4, 0.5) is 0 Å². The van der Waals surface area contributed by atoms with E-state index in [0.717, 1.165) is 23.4 Å². The molecule has 0 radical (unpaired) electrons. The van der Waals surface area contributed by atoms with Crippen LogP contribution < -0.4 is 5.73 Å². The number of halogens is 1. The fourth-order valence-corrected chi connectivity index (χ4v) is 3.45. The Morgan fingerprint density at radius 2 is 1.83 bits per heavy atom. The standard InChI is InChI=1S/C16H24BrN/c1-2-13-7-9-16(12-18,10-8-13)11-14-3-5-15(17)6-4-14/h3-6,13H,2,7-12,18H2,1H3. The first-order chi connectivity index (χ1) is 8.67. The molecule has 0 aliphatic heterocycles. The third-order valence-corrected chi connectivity index (χ3v) is 5.20. The number of hydrogen-bond donors (Lipinski definition) is 1. The van der Waals surface area contributed by atoms with Crippen molar-refractivity contribution >= 4 is 15.9 Å². The average molecular weight is 310 g/mol. The fourth-order valence-electron chi connectivity index (χ4n) is 3.19. The molecule has 0 amide bonds. The zero-order chi connectivity index (χ0) is 13.0. The number of nitrogens with two attached hydrogens (primary N) is 1. The summed E-state index contributed by atoms with van der Waals surface area (Å²) < 4.78 is 1.16. The van der Waals surface area contributed by atoms with Gasteiger partial charge in [-0.2, -0.15) is 0 Å². The smallest absolute Gasteiger partial charge is 0.0175 e. The molecule has 2 heteroatoms. The maximum Gasteiger partial charge on any atom is 0.0175 e. The number of hydrogen-bond acceptors (Lipinski definition) is 1. The lowest BCUT2D eigenvalue weighted by molar-refractivity contribution is 0.153. The van der Waals surface area contributed by atoms with Gasteiger partial charge >= 0.3 is 0 Å². The minimum absolute atomic E-state index is 0.361. The van der Waals surface area contributed by atoms with E-state index in [1.165, 1.54) is 37.7 Å². The summed E-state index contributed by atoms with van der Waals surface area (Å²) in [5, 5.41) is 0. The largest absolute Gasteiger partial charge is 0.330 e. The highest BCUT2D eigenvalue weighted by atomic mass is 79.9. The second-order valence-corrected chi connectivity index (χ2v) is 6.77. The molecule has 0 spiro atoms. The minimum Gasteiger partial charge on any atom is -0.330 e. The topological polar surface area (TPSA) is 26.0 Å². The van der Waals surface area contributed by atoms with Crippen molar-refractivity contribution in [2.45, 2.75) is 45.4 Å². The van der Waals surface area contributed by atoms with Gasteiger partial charge in [-0.3, -0.25) is 0 Å². The van der Waals surface area contributed by atoms with Gasteiger partial charge in [0.25, 0.3) is 0 Å². The lowest BCUT2D eigenvalue weighted by atomic mass is 9.67. The van der Waals surface area contributed by atoms with Crippen molar-refractivity contribution in [3.05, 3.63) is 34.3 Å². The second-order valence-electron chi connectivity index (χ2n) is 5.86. The molecule has 1 aliphatic rings. The summed E-state index contributed by atoms with van der Waals surface area (Å²) in [7, 11) is 0. The Balaban J connectivity index is 2.03. The summed E-state index contributed by atoms with van der Waals surface area (Å²) >= 11 is 3.49. The Morgan fingerprint density at radius 1 is 1.22 bits per heavy atom. The molecule has 0 aromatic heterocycles. The van der Waals surface area contributed by atoms with Gasteiger partial charge in [0.15, 0.2) is 0 Å². The van der Waals surface area contributed by atoms with Crippen molar-refractivity contribution in [1.29, 1.82) is 0 Å². The average Bonchev–Trinajstić information content (AvgIpc) is 2.42. The summed E-state index contributed by atoms with van der Waals surface area (Å²) in [5.74, 6) is 0.939. The van der Waals surface area contributed by atoms with Crippen molar-refractivity contribution < 1.29 is 0 Å². The number of benzene rings is 1. The first-order valence-corrected chi connectivity index (χ1v) is 7.91. The van der Waals surface area contributed by atoms with E-state index in [-0.39, 0.29) is 0 Å². The molecule has 0 heterocycles. The molecule has 1 fully saturated rings. The van der Waals surface area contributed by atoms with Crippen LogP contribution in [-0.2, 0) is 6.42 Å². The third-order valence-electron chi connectivity index (χ3n) is 4.67. The molecule has 0 saturated heterocycles. The predicted octanol–water partition coefficient (Wildman–Crippen LogP) is 4.54. The molecule has 1 aromatic carbocycles. The van der Waals surface area contributed by atoms with Crippen LogP contribution in [0.5, 0.6) is 0 Å². The zero-order valence-electron chi connectivity index (χ0n) is 11.3. The summed E-state index contributed by atoms with van der Waals surface area (Å²) in [4.78, 5) is 0. The van der Waals surface area contributed by atoms with Gasteiger partial charge in [0.2, 0.25) is 0 Å². The maximum atomic E-state index is 6.09. The molecule has 0 bridgehead atoms. The summed E-state index contributed by atoms with van der Waals surface area (Å²) in [6.45, 7) is 3.15. The van der Waals surface area contributed by atoms with Crippen LogP contribution in [0.25, 0.3) is 0 Å². The molecule has 1 aliphatic carbocycles. The molecule has 1 nitrogen and oxygen atoms in total. The number of rotatable bonds is 4. The highest BCUT2D eigenvalue weighted by molar-refractivity contribution is 9.10. The van der Waals surface area contributed by atoms with E-state index in [1.807, 2.05) is 0 Å². The first-order valence-electron chi connectivity index (χ1n) is 7.12. The Hall–Kier alpha value is -0.340. The van der Waals surface area contributed by atoms with E-state index in [4.69, 9.17) is 5.73 Å². The van der Waals surface area contributed by atoms with Crippen molar-refractivity contribution in [3.63, 3.8) is 0 Å². The first kappa shape index (κ1) is 14.1. The van der Waals surface area contributed by atoms with Gasteiger partial charge in [-0.25, -0.2) is 0 Å².